The summed E-state index contributed by atoms with van der Waals surface area (Å²) in [6.45, 7) is 0. The van der Waals surface area contributed by atoms with Gasteiger partial charge in [-0.2, -0.15) is 0 Å². The Morgan fingerprint density at radius 2 is 1.86 bits per heavy atom. The predicted molar refractivity (Wildman–Crippen MR) is 80.8 cm³/mol. The van der Waals surface area contributed by atoms with Gasteiger partial charge in [0.15, 0.2) is 17.1 Å². The van der Waals surface area contributed by atoms with E-state index in [9.17, 15) is 15.0 Å². The fraction of sp³-hybridized carbons (Fsp3) is 0.375. The number of nitrogens with one attached hydrogen (secondary N) is 1. The summed E-state index contributed by atoms with van der Waals surface area (Å²) in [5.41, 5.74) is 0.733. The van der Waals surface area contributed by atoms with Gasteiger partial charge in [-0.25, -0.2) is 4.79 Å². The molecule has 22 heavy (non-hydrogen) atoms. The molecule has 6 nitrogen and oxygen atoms in total. The first-order chi connectivity index (χ1) is 10.6. The summed E-state index contributed by atoms with van der Waals surface area (Å²) in [6, 6.07) is 9.17. The van der Waals surface area contributed by atoms with Crippen LogP contribution in [0.1, 0.15) is 36.0 Å². The zero-order chi connectivity index (χ0) is 15.5. The molecule has 0 saturated heterocycles. The molecule has 6 heteroatoms. The Kier molecular flexibility index (Phi) is 4.11. The molecule has 0 atom stereocenters. The molecule has 0 bridgehead atoms. The average Bonchev–Trinajstić information content (AvgIpc) is 2.94. The molecule has 0 amide bonds. The van der Waals surface area contributed by atoms with Crippen molar-refractivity contribution >= 4 is 11.8 Å². The van der Waals surface area contributed by atoms with Crippen LogP contribution in [-0.4, -0.2) is 33.5 Å². The molecule has 0 spiro atoms. The van der Waals surface area contributed by atoms with Crippen LogP contribution >= 0.6 is 0 Å². The molecule has 1 fully saturated rings. The second-order valence-electron chi connectivity index (χ2n) is 5.56. The highest BCUT2D eigenvalue weighted by atomic mass is 16.5. The lowest BCUT2D eigenvalue weighted by molar-refractivity contribution is 0.0698. The van der Waals surface area contributed by atoms with Gasteiger partial charge in [0.2, 0.25) is 0 Å². The third kappa shape index (κ3) is 2.96. The SMILES string of the molecule is O=C(O)c1c(NC2CCC(O)CC2)noc1-c1ccccc1. The average molecular weight is 302 g/mol. The lowest BCUT2D eigenvalue weighted by Crippen LogP contribution is -2.28. The number of benzene rings is 1. The summed E-state index contributed by atoms with van der Waals surface area (Å²) >= 11 is 0. The van der Waals surface area contributed by atoms with Gasteiger partial charge < -0.3 is 20.1 Å². The smallest absolute Gasteiger partial charge is 0.343 e. The second kappa shape index (κ2) is 6.19. The number of hydrogen-bond donors (Lipinski definition) is 3. The summed E-state index contributed by atoms with van der Waals surface area (Å²) in [7, 11) is 0. The maximum atomic E-state index is 11.6. The van der Waals surface area contributed by atoms with E-state index in [1.807, 2.05) is 18.2 Å². The predicted octanol–water partition coefficient (Wildman–Crippen LogP) is 2.76. The minimum Gasteiger partial charge on any atom is -0.477 e. The summed E-state index contributed by atoms with van der Waals surface area (Å²) in [4.78, 5) is 11.6. The lowest BCUT2D eigenvalue weighted by atomic mass is 9.93. The molecule has 2 aromatic rings. The fourth-order valence-electron chi connectivity index (χ4n) is 2.79. The van der Waals surface area contributed by atoms with Crippen LogP contribution in [0.15, 0.2) is 34.9 Å². The highest BCUT2D eigenvalue weighted by molar-refractivity contribution is 5.99. The maximum Gasteiger partial charge on any atom is 0.343 e. The third-order valence-corrected chi connectivity index (χ3v) is 3.98. The van der Waals surface area contributed by atoms with Crippen molar-refractivity contribution in [1.82, 2.24) is 5.16 Å². The number of aromatic carboxylic acids is 1. The number of carboxylic acid groups (broad SMARTS) is 1. The zero-order valence-corrected chi connectivity index (χ0v) is 12.0. The highest BCUT2D eigenvalue weighted by Crippen LogP contribution is 2.31. The molecular weight excluding hydrogens is 284 g/mol. The van der Waals surface area contributed by atoms with E-state index in [2.05, 4.69) is 10.5 Å². The molecule has 1 aromatic carbocycles. The number of carbonyl (C=O) groups is 1. The van der Waals surface area contributed by atoms with E-state index in [-0.39, 0.29) is 29.3 Å². The van der Waals surface area contributed by atoms with Crippen LogP contribution in [0.5, 0.6) is 0 Å². The van der Waals surface area contributed by atoms with Crippen LogP contribution < -0.4 is 5.32 Å². The molecule has 1 aliphatic rings. The van der Waals surface area contributed by atoms with Crippen LogP contribution in [0.3, 0.4) is 0 Å². The highest BCUT2D eigenvalue weighted by Gasteiger charge is 2.27. The van der Waals surface area contributed by atoms with E-state index in [1.54, 1.807) is 12.1 Å². The molecule has 0 radical (unpaired) electrons. The monoisotopic (exact) mass is 302 g/mol. The van der Waals surface area contributed by atoms with Crippen LogP contribution in [0, 0.1) is 0 Å². The Bertz CT molecular complexity index is 645. The maximum absolute atomic E-state index is 11.6. The summed E-state index contributed by atoms with van der Waals surface area (Å²) in [6.07, 6.45) is 2.74. The first kappa shape index (κ1) is 14.6. The number of hydrogen-bond acceptors (Lipinski definition) is 5. The van der Waals surface area contributed by atoms with Crippen molar-refractivity contribution in [3.05, 3.63) is 35.9 Å². The van der Waals surface area contributed by atoms with E-state index >= 15 is 0 Å². The lowest BCUT2D eigenvalue weighted by Gasteiger charge is -2.26. The number of nitrogens with zero attached hydrogens (tertiary/aromatic N) is 1. The van der Waals surface area contributed by atoms with Crippen LogP contribution in [-0.2, 0) is 0 Å². The Hall–Kier alpha value is -2.34. The van der Waals surface area contributed by atoms with Crippen LogP contribution in [0.4, 0.5) is 5.82 Å². The van der Waals surface area contributed by atoms with Crippen molar-refractivity contribution < 1.29 is 19.5 Å². The number of aliphatic hydroxyl groups excluding tert-OH is 1. The van der Waals surface area contributed by atoms with Crippen molar-refractivity contribution in [1.29, 1.82) is 0 Å². The third-order valence-electron chi connectivity index (χ3n) is 3.98. The molecule has 1 aliphatic carbocycles. The Balaban J connectivity index is 1.86. The normalized spacial score (nSPS) is 21.5. The second-order valence-corrected chi connectivity index (χ2v) is 5.56. The largest absolute Gasteiger partial charge is 0.477 e. The van der Waals surface area contributed by atoms with E-state index in [4.69, 9.17) is 4.52 Å². The molecule has 3 rings (SSSR count). The molecule has 116 valence electrons. The quantitative estimate of drug-likeness (QED) is 0.803. The van der Waals surface area contributed by atoms with E-state index in [1.165, 1.54) is 0 Å². The Morgan fingerprint density at radius 3 is 2.50 bits per heavy atom. The summed E-state index contributed by atoms with van der Waals surface area (Å²) in [5, 5.41) is 26.1. The number of aromatic nitrogens is 1. The van der Waals surface area contributed by atoms with Crippen molar-refractivity contribution in [2.24, 2.45) is 0 Å². The minimum atomic E-state index is -1.07. The fourth-order valence-corrected chi connectivity index (χ4v) is 2.79. The zero-order valence-electron chi connectivity index (χ0n) is 12.0. The molecule has 1 heterocycles. The van der Waals surface area contributed by atoms with Crippen molar-refractivity contribution in [3.8, 4) is 11.3 Å². The van der Waals surface area contributed by atoms with Gasteiger partial charge in [-0.3, -0.25) is 0 Å². The van der Waals surface area contributed by atoms with Gasteiger partial charge in [0, 0.05) is 11.6 Å². The first-order valence-electron chi connectivity index (χ1n) is 7.38. The van der Waals surface area contributed by atoms with Crippen LogP contribution in [0.25, 0.3) is 11.3 Å². The van der Waals surface area contributed by atoms with Gasteiger partial charge in [0.25, 0.3) is 0 Å². The number of rotatable bonds is 4. The summed E-state index contributed by atoms with van der Waals surface area (Å²) < 4.78 is 5.26. The topological polar surface area (TPSA) is 95.6 Å². The summed E-state index contributed by atoms with van der Waals surface area (Å²) in [5.74, 6) is -0.558. The van der Waals surface area contributed by atoms with Crippen molar-refractivity contribution in [2.75, 3.05) is 5.32 Å². The van der Waals surface area contributed by atoms with Gasteiger partial charge in [0.1, 0.15) is 0 Å². The van der Waals surface area contributed by atoms with Gasteiger partial charge in [-0.15, -0.1) is 0 Å². The number of carboxylic acids is 1. The van der Waals surface area contributed by atoms with E-state index in [0.29, 0.717) is 18.4 Å². The first-order valence-corrected chi connectivity index (χ1v) is 7.38. The Labute approximate surface area is 127 Å². The van der Waals surface area contributed by atoms with Gasteiger partial charge in [0.05, 0.1) is 6.10 Å². The van der Waals surface area contributed by atoms with Crippen molar-refractivity contribution in [2.45, 2.75) is 37.8 Å². The molecular formula is C16H18N2O4. The van der Waals surface area contributed by atoms with Crippen molar-refractivity contribution in [3.63, 3.8) is 0 Å². The van der Waals surface area contributed by atoms with Crippen LogP contribution in [0.2, 0.25) is 0 Å². The molecule has 3 N–H and O–H groups in total. The molecule has 0 unspecified atom stereocenters. The molecule has 0 aliphatic heterocycles. The van der Waals surface area contributed by atoms with Gasteiger partial charge in [-0.05, 0) is 25.7 Å². The van der Waals surface area contributed by atoms with Gasteiger partial charge in [-0.1, -0.05) is 35.5 Å². The standard InChI is InChI=1S/C16H18N2O4/c19-12-8-6-11(7-9-12)17-15-13(16(20)21)14(22-18-15)10-4-2-1-3-5-10/h1-5,11-12,19H,6-9H2,(H,17,18)(H,20,21). The molecule has 1 aromatic heterocycles. The Morgan fingerprint density at radius 1 is 1.18 bits per heavy atom. The molecule has 1 saturated carbocycles. The number of anilines is 1. The number of aliphatic hydroxyl groups is 1. The minimum absolute atomic E-state index is 0.0531. The van der Waals surface area contributed by atoms with E-state index < -0.39 is 5.97 Å². The van der Waals surface area contributed by atoms with Gasteiger partial charge >= 0.3 is 5.97 Å². The van der Waals surface area contributed by atoms with E-state index in [0.717, 1.165) is 12.8 Å².